The van der Waals surface area contributed by atoms with Crippen molar-refractivity contribution in [3.8, 4) is 22.9 Å². The van der Waals surface area contributed by atoms with E-state index in [1.165, 1.54) is 11.8 Å². The van der Waals surface area contributed by atoms with Crippen molar-refractivity contribution in [2.45, 2.75) is 25.2 Å². The average molecular weight is 456 g/mol. The monoisotopic (exact) mass is 455 g/mol. The standard InChI is InChI=1S/C22H25N5O4S/c1-3-26(13-16-4-5-18-19(12-16)31-15-30-18)20(28)14-32-22-25-24-21(27(22)10-11-29-2)17-6-8-23-9-7-17/h4-9,12H,3,10-11,13-15H2,1-2H3. The summed E-state index contributed by atoms with van der Waals surface area (Å²) in [6.45, 7) is 4.42. The van der Waals surface area contributed by atoms with E-state index in [0.717, 1.165) is 28.5 Å². The Hall–Kier alpha value is -3.11. The molecule has 9 nitrogen and oxygen atoms in total. The van der Waals surface area contributed by atoms with E-state index < -0.39 is 0 Å². The van der Waals surface area contributed by atoms with Crippen molar-refractivity contribution in [2.24, 2.45) is 0 Å². The maximum Gasteiger partial charge on any atom is 0.233 e. The summed E-state index contributed by atoms with van der Waals surface area (Å²) < 4.78 is 18.0. The van der Waals surface area contributed by atoms with Gasteiger partial charge in [-0.15, -0.1) is 10.2 Å². The van der Waals surface area contributed by atoms with Gasteiger partial charge in [0.05, 0.1) is 18.9 Å². The summed E-state index contributed by atoms with van der Waals surface area (Å²) in [6.07, 6.45) is 3.44. The van der Waals surface area contributed by atoms with Crippen LogP contribution in [0.25, 0.3) is 11.4 Å². The molecule has 168 valence electrons. The maximum absolute atomic E-state index is 12.9. The molecule has 0 saturated heterocycles. The van der Waals surface area contributed by atoms with E-state index in [1.54, 1.807) is 19.5 Å². The number of benzene rings is 1. The highest BCUT2D eigenvalue weighted by molar-refractivity contribution is 7.99. The smallest absolute Gasteiger partial charge is 0.233 e. The lowest BCUT2D eigenvalue weighted by Gasteiger charge is -2.21. The average Bonchev–Trinajstić information content (AvgIpc) is 3.46. The van der Waals surface area contributed by atoms with Gasteiger partial charge in [0.25, 0.3) is 0 Å². The highest BCUT2D eigenvalue weighted by Crippen LogP contribution is 2.33. The van der Waals surface area contributed by atoms with Gasteiger partial charge >= 0.3 is 0 Å². The third kappa shape index (κ3) is 5.03. The van der Waals surface area contributed by atoms with Gasteiger partial charge in [0.15, 0.2) is 22.5 Å². The van der Waals surface area contributed by atoms with Gasteiger partial charge in [-0.05, 0) is 36.8 Å². The first-order chi connectivity index (χ1) is 15.7. The first-order valence-electron chi connectivity index (χ1n) is 10.3. The van der Waals surface area contributed by atoms with Gasteiger partial charge in [-0.2, -0.15) is 0 Å². The van der Waals surface area contributed by atoms with Gasteiger partial charge in [-0.3, -0.25) is 14.3 Å². The minimum Gasteiger partial charge on any atom is -0.454 e. The van der Waals surface area contributed by atoms with Gasteiger partial charge in [0, 0.05) is 38.2 Å². The second-order valence-electron chi connectivity index (χ2n) is 7.07. The maximum atomic E-state index is 12.9. The topological polar surface area (TPSA) is 91.6 Å². The van der Waals surface area contributed by atoms with E-state index in [4.69, 9.17) is 14.2 Å². The molecule has 0 saturated carbocycles. The minimum absolute atomic E-state index is 0.0296. The number of aromatic nitrogens is 4. The molecule has 0 fully saturated rings. The number of ether oxygens (including phenoxy) is 3. The second-order valence-corrected chi connectivity index (χ2v) is 8.01. The van der Waals surface area contributed by atoms with Crippen LogP contribution >= 0.6 is 11.8 Å². The van der Waals surface area contributed by atoms with Crippen LogP contribution in [0.15, 0.2) is 47.9 Å². The number of amides is 1. The Bertz CT molecular complexity index is 1060. The SMILES string of the molecule is CCN(Cc1ccc2c(c1)OCO2)C(=O)CSc1nnc(-c2ccncc2)n1CCOC. The first kappa shape index (κ1) is 22.1. The molecule has 0 N–H and O–H groups in total. The summed E-state index contributed by atoms with van der Waals surface area (Å²) in [7, 11) is 1.65. The molecule has 0 atom stereocenters. The van der Waals surface area contributed by atoms with Crippen LogP contribution in [0.4, 0.5) is 0 Å². The number of rotatable bonds is 10. The summed E-state index contributed by atoms with van der Waals surface area (Å²) >= 11 is 1.38. The number of carbonyl (C=O) groups excluding carboxylic acids is 1. The Morgan fingerprint density at radius 3 is 2.78 bits per heavy atom. The lowest BCUT2D eigenvalue weighted by atomic mass is 10.2. The Morgan fingerprint density at radius 1 is 1.19 bits per heavy atom. The molecule has 0 aliphatic carbocycles. The highest BCUT2D eigenvalue weighted by Gasteiger charge is 2.19. The zero-order valence-corrected chi connectivity index (χ0v) is 18.9. The number of thioether (sulfide) groups is 1. The number of pyridine rings is 1. The van der Waals surface area contributed by atoms with Crippen LogP contribution in [-0.4, -0.2) is 63.4 Å². The molecule has 32 heavy (non-hydrogen) atoms. The third-order valence-corrected chi connectivity index (χ3v) is 6.00. The number of methoxy groups -OCH3 is 1. The second kappa shape index (κ2) is 10.5. The van der Waals surface area contributed by atoms with Crippen molar-refractivity contribution in [2.75, 3.05) is 32.8 Å². The van der Waals surface area contributed by atoms with Crippen molar-refractivity contribution in [1.29, 1.82) is 0 Å². The van der Waals surface area contributed by atoms with Crippen LogP contribution in [0.2, 0.25) is 0 Å². The van der Waals surface area contributed by atoms with Crippen molar-refractivity contribution >= 4 is 17.7 Å². The fourth-order valence-corrected chi connectivity index (χ4v) is 4.22. The van der Waals surface area contributed by atoms with Crippen LogP contribution in [0.5, 0.6) is 11.5 Å². The number of fused-ring (bicyclic) bond motifs is 1. The molecular formula is C22H25N5O4S. The predicted octanol–water partition coefficient (Wildman–Crippen LogP) is 2.86. The van der Waals surface area contributed by atoms with Gasteiger partial charge in [0.1, 0.15) is 0 Å². The van der Waals surface area contributed by atoms with E-state index in [1.807, 2.05) is 46.7 Å². The summed E-state index contributed by atoms with van der Waals surface area (Å²) in [5.41, 5.74) is 1.91. The number of carbonyl (C=O) groups is 1. The van der Waals surface area contributed by atoms with Gasteiger partial charge in [-0.25, -0.2) is 0 Å². The summed E-state index contributed by atoms with van der Waals surface area (Å²) in [4.78, 5) is 18.8. The summed E-state index contributed by atoms with van der Waals surface area (Å²) in [6, 6.07) is 9.53. The van der Waals surface area contributed by atoms with Crippen LogP contribution in [0.1, 0.15) is 12.5 Å². The van der Waals surface area contributed by atoms with Crippen LogP contribution in [0.3, 0.4) is 0 Å². The lowest BCUT2D eigenvalue weighted by Crippen LogP contribution is -2.31. The Kier molecular flexibility index (Phi) is 7.23. The molecule has 10 heteroatoms. The van der Waals surface area contributed by atoms with Crippen LogP contribution in [-0.2, 0) is 22.6 Å². The fourth-order valence-electron chi connectivity index (χ4n) is 3.35. The van der Waals surface area contributed by atoms with Gasteiger partial charge < -0.3 is 19.1 Å². The minimum atomic E-state index is 0.0296. The molecule has 1 aromatic carbocycles. The summed E-state index contributed by atoms with van der Waals surface area (Å²) in [5, 5.41) is 9.35. The largest absolute Gasteiger partial charge is 0.454 e. The molecule has 0 spiro atoms. The first-order valence-corrected chi connectivity index (χ1v) is 11.3. The molecule has 3 aromatic rings. The quantitative estimate of drug-likeness (QED) is 0.431. The molecule has 0 radical (unpaired) electrons. The molecule has 1 aliphatic heterocycles. The third-order valence-electron chi connectivity index (χ3n) is 5.04. The van der Waals surface area contributed by atoms with E-state index in [9.17, 15) is 4.79 Å². The van der Waals surface area contributed by atoms with Crippen molar-refractivity contribution in [3.05, 3.63) is 48.3 Å². The van der Waals surface area contributed by atoms with E-state index in [0.29, 0.717) is 31.4 Å². The molecule has 3 heterocycles. The number of hydrogen-bond acceptors (Lipinski definition) is 8. The van der Waals surface area contributed by atoms with E-state index in [-0.39, 0.29) is 18.5 Å². The number of nitrogens with zero attached hydrogens (tertiary/aromatic N) is 5. The number of hydrogen-bond donors (Lipinski definition) is 0. The zero-order chi connectivity index (χ0) is 22.3. The molecule has 4 rings (SSSR count). The molecule has 2 aromatic heterocycles. The molecule has 0 bridgehead atoms. The van der Waals surface area contributed by atoms with E-state index >= 15 is 0 Å². The Labute approximate surface area is 190 Å². The molecule has 1 amide bonds. The zero-order valence-electron chi connectivity index (χ0n) is 18.1. The molecule has 0 unspecified atom stereocenters. The van der Waals surface area contributed by atoms with Crippen molar-refractivity contribution in [1.82, 2.24) is 24.6 Å². The van der Waals surface area contributed by atoms with Gasteiger partial charge in [0.2, 0.25) is 12.7 Å². The predicted molar refractivity (Wildman–Crippen MR) is 120 cm³/mol. The fraction of sp³-hybridized carbons (Fsp3) is 0.364. The van der Waals surface area contributed by atoms with Crippen molar-refractivity contribution < 1.29 is 19.0 Å². The summed E-state index contributed by atoms with van der Waals surface area (Å²) in [5.74, 6) is 2.48. The van der Waals surface area contributed by atoms with Crippen LogP contribution in [0, 0.1) is 0 Å². The molecular weight excluding hydrogens is 430 g/mol. The van der Waals surface area contributed by atoms with E-state index in [2.05, 4.69) is 15.2 Å². The Balaban J connectivity index is 1.43. The lowest BCUT2D eigenvalue weighted by molar-refractivity contribution is -0.128. The van der Waals surface area contributed by atoms with Gasteiger partial charge in [-0.1, -0.05) is 17.8 Å². The van der Waals surface area contributed by atoms with Crippen molar-refractivity contribution in [3.63, 3.8) is 0 Å². The normalized spacial score (nSPS) is 12.2. The molecule has 1 aliphatic rings. The Morgan fingerprint density at radius 2 is 2.00 bits per heavy atom. The highest BCUT2D eigenvalue weighted by atomic mass is 32.2. The van der Waals surface area contributed by atoms with Crippen LogP contribution < -0.4 is 9.47 Å².